The molecule has 0 aromatic carbocycles. The molecule has 90 valence electrons. The SMILES string of the molecule is CCCn1nccc1C(=O)Nc1cc(C)on1. The Labute approximate surface area is 98.6 Å². The van der Waals surface area contributed by atoms with Crippen molar-refractivity contribution in [3.8, 4) is 0 Å². The molecule has 0 radical (unpaired) electrons. The summed E-state index contributed by atoms with van der Waals surface area (Å²) >= 11 is 0. The van der Waals surface area contributed by atoms with E-state index < -0.39 is 0 Å². The first kappa shape index (κ1) is 11.4. The predicted octanol–water partition coefficient (Wildman–Crippen LogP) is 1.84. The van der Waals surface area contributed by atoms with Gasteiger partial charge in [0.2, 0.25) is 0 Å². The first-order valence-electron chi connectivity index (χ1n) is 5.47. The Morgan fingerprint density at radius 1 is 1.59 bits per heavy atom. The maximum Gasteiger partial charge on any atom is 0.275 e. The Bertz CT molecular complexity index is 515. The number of nitrogens with zero attached hydrogens (tertiary/aromatic N) is 3. The van der Waals surface area contributed by atoms with E-state index in [2.05, 4.69) is 15.6 Å². The predicted molar refractivity (Wildman–Crippen MR) is 61.7 cm³/mol. The number of rotatable bonds is 4. The molecule has 0 unspecified atom stereocenters. The van der Waals surface area contributed by atoms with Gasteiger partial charge in [0, 0.05) is 18.8 Å². The summed E-state index contributed by atoms with van der Waals surface area (Å²) in [6.07, 6.45) is 2.53. The van der Waals surface area contributed by atoms with Crippen molar-refractivity contribution in [1.82, 2.24) is 14.9 Å². The highest BCUT2D eigenvalue weighted by atomic mass is 16.5. The van der Waals surface area contributed by atoms with Gasteiger partial charge in [-0.05, 0) is 19.4 Å². The summed E-state index contributed by atoms with van der Waals surface area (Å²) in [6, 6.07) is 3.34. The van der Waals surface area contributed by atoms with Crippen LogP contribution in [0.1, 0.15) is 29.6 Å². The van der Waals surface area contributed by atoms with Crippen LogP contribution >= 0.6 is 0 Å². The fraction of sp³-hybridized carbons (Fsp3) is 0.364. The maximum atomic E-state index is 11.9. The number of carbonyl (C=O) groups excluding carboxylic acids is 1. The average Bonchev–Trinajstić information content (AvgIpc) is 2.88. The van der Waals surface area contributed by atoms with Gasteiger partial charge >= 0.3 is 0 Å². The lowest BCUT2D eigenvalue weighted by atomic mass is 10.3. The molecule has 0 aliphatic carbocycles. The van der Waals surface area contributed by atoms with Gasteiger partial charge in [0.25, 0.3) is 5.91 Å². The van der Waals surface area contributed by atoms with E-state index in [4.69, 9.17) is 4.52 Å². The third-order valence-electron chi connectivity index (χ3n) is 2.25. The minimum Gasteiger partial charge on any atom is -0.360 e. The lowest BCUT2D eigenvalue weighted by molar-refractivity contribution is 0.101. The Morgan fingerprint density at radius 2 is 2.41 bits per heavy atom. The van der Waals surface area contributed by atoms with Crippen molar-refractivity contribution in [2.24, 2.45) is 0 Å². The van der Waals surface area contributed by atoms with Crippen molar-refractivity contribution in [3.63, 3.8) is 0 Å². The highest BCUT2D eigenvalue weighted by molar-refractivity contribution is 6.02. The zero-order valence-electron chi connectivity index (χ0n) is 9.80. The van der Waals surface area contributed by atoms with Crippen molar-refractivity contribution in [2.45, 2.75) is 26.8 Å². The number of aromatic nitrogens is 3. The quantitative estimate of drug-likeness (QED) is 0.876. The molecule has 2 aromatic rings. The van der Waals surface area contributed by atoms with E-state index in [1.54, 1.807) is 29.9 Å². The number of amides is 1. The largest absolute Gasteiger partial charge is 0.360 e. The molecular weight excluding hydrogens is 220 g/mol. The molecule has 0 fully saturated rings. The van der Waals surface area contributed by atoms with Crippen molar-refractivity contribution in [1.29, 1.82) is 0 Å². The molecule has 17 heavy (non-hydrogen) atoms. The molecule has 0 aliphatic heterocycles. The van der Waals surface area contributed by atoms with Crippen LogP contribution in [0.2, 0.25) is 0 Å². The molecular formula is C11H14N4O2. The van der Waals surface area contributed by atoms with Crippen LogP contribution in [-0.2, 0) is 6.54 Å². The molecule has 0 saturated carbocycles. The number of nitrogens with one attached hydrogen (secondary N) is 1. The first-order valence-corrected chi connectivity index (χ1v) is 5.47. The summed E-state index contributed by atoms with van der Waals surface area (Å²) < 4.78 is 6.54. The number of hydrogen-bond acceptors (Lipinski definition) is 4. The molecule has 0 spiro atoms. The van der Waals surface area contributed by atoms with E-state index in [1.807, 2.05) is 6.92 Å². The van der Waals surface area contributed by atoms with E-state index in [-0.39, 0.29) is 5.91 Å². The zero-order valence-corrected chi connectivity index (χ0v) is 9.80. The zero-order chi connectivity index (χ0) is 12.3. The second-order valence-electron chi connectivity index (χ2n) is 3.72. The fourth-order valence-electron chi connectivity index (χ4n) is 1.52. The molecule has 6 heteroatoms. The van der Waals surface area contributed by atoms with Crippen LogP contribution in [0.3, 0.4) is 0 Å². The summed E-state index contributed by atoms with van der Waals surface area (Å²) in [5.41, 5.74) is 0.521. The second kappa shape index (κ2) is 4.82. The molecule has 0 bridgehead atoms. The summed E-state index contributed by atoms with van der Waals surface area (Å²) in [7, 11) is 0. The standard InChI is InChI=1S/C11H14N4O2/c1-3-6-15-9(4-5-12-15)11(16)13-10-7-8(2)17-14-10/h4-5,7H,3,6H2,1-2H3,(H,13,14,16). The number of hydrogen-bond donors (Lipinski definition) is 1. The van der Waals surface area contributed by atoms with E-state index in [0.717, 1.165) is 6.42 Å². The van der Waals surface area contributed by atoms with Gasteiger partial charge in [0.05, 0.1) is 0 Å². The van der Waals surface area contributed by atoms with Crippen LogP contribution in [-0.4, -0.2) is 20.8 Å². The van der Waals surface area contributed by atoms with Crippen LogP contribution < -0.4 is 5.32 Å². The van der Waals surface area contributed by atoms with Gasteiger partial charge in [0.15, 0.2) is 5.82 Å². The highest BCUT2D eigenvalue weighted by Gasteiger charge is 2.13. The van der Waals surface area contributed by atoms with E-state index >= 15 is 0 Å². The summed E-state index contributed by atoms with van der Waals surface area (Å²) in [5.74, 6) is 0.836. The Balaban J connectivity index is 2.11. The lowest BCUT2D eigenvalue weighted by Gasteiger charge is -2.04. The van der Waals surface area contributed by atoms with Crippen LogP contribution in [0.25, 0.3) is 0 Å². The van der Waals surface area contributed by atoms with Crippen molar-refractivity contribution in [2.75, 3.05) is 5.32 Å². The van der Waals surface area contributed by atoms with Gasteiger partial charge in [-0.1, -0.05) is 12.1 Å². The first-order chi connectivity index (χ1) is 8.20. The highest BCUT2D eigenvalue weighted by Crippen LogP contribution is 2.09. The normalized spacial score (nSPS) is 10.5. The molecule has 1 N–H and O–H groups in total. The van der Waals surface area contributed by atoms with Gasteiger partial charge in [-0.2, -0.15) is 5.10 Å². The molecule has 0 atom stereocenters. The number of carbonyl (C=O) groups is 1. The molecule has 0 aliphatic rings. The molecule has 2 aromatic heterocycles. The van der Waals surface area contributed by atoms with Crippen LogP contribution in [0.15, 0.2) is 22.9 Å². The Kier molecular flexibility index (Phi) is 3.22. The monoisotopic (exact) mass is 234 g/mol. The third-order valence-corrected chi connectivity index (χ3v) is 2.25. The topological polar surface area (TPSA) is 73.0 Å². The molecule has 0 saturated heterocycles. The second-order valence-corrected chi connectivity index (χ2v) is 3.72. The lowest BCUT2D eigenvalue weighted by Crippen LogP contribution is -2.17. The molecule has 2 heterocycles. The third kappa shape index (κ3) is 2.52. The fourth-order valence-corrected chi connectivity index (χ4v) is 1.52. The van der Waals surface area contributed by atoms with Crippen LogP contribution in [0, 0.1) is 6.92 Å². The Morgan fingerprint density at radius 3 is 3.06 bits per heavy atom. The summed E-state index contributed by atoms with van der Waals surface area (Å²) in [4.78, 5) is 11.9. The van der Waals surface area contributed by atoms with Crippen molar-refractivity contribution < 1.29 is 9.32 Å². The van der Waals surface area contributed by atoms with E-state index in [1.165, 1.54) is 0 Å². The van der Waals surface area contributed by atoms with Gasteiger partial charge < -0.3 is 9.84 Å². The summed E-state index contributed by atoms with van der Waals surface area (Å²) in [6.45, 7) is 4.52. The molecule has 1 amide bonds. The van der Waals surface area contributed by atoms with Gasteiger partial charge in [-0.25, -0.2) is 0 Å². The van der Waals surface area contributed by atoms with E-state index in [9.17, 15) is 4.79 Å². The number of aryl methyl sites for hydroxylation is 2. The maximum absolute atomic E-state index is 11.9. The Hall–Kier alpha value is -2.11. The van der Waals surface area contributed by atoms with Gasteiger partial charge in [-0.15, -0.1) is 0 Å². The van der Waals surface area contributed by atoms with Crippen LogP contribution in [0.5, 0.6) is 0 Å². The number of anilines is 1. The van der Waals surface area contributed by atoms with Gasteiger partial charge in [0.1, 0.15) is 11.5 Å². The smallest absolute Gasteiger partial charge is 0.275 e. The minimum atomic E-state index is -0.232. The molecule has 6 nitrogen and oxygen atoms in total. The van der Waals surface area contributed by atoms with Gasteiger partial charge in [-0.3, -0.25) is 9.48 Å². The van der Waals surface area contributed by atoms with Crippen molar-refractivity contribution in [3.05, 3.63) is 29.8 Å². The van der Waals surface area contributed by atoms with Crippen LogP contribution in [0.4, 0.5) is 5.82 Å². The average molecular weight is 234 g/mol. The molecule has 2 rings (SSSR count). The minimum absolute atomic E-state index is 0.232. The summed E-state index contributed by atoms with van der Waals surface area (Å²) in [5, 5.41) is 10.4. The van der Waals surface area contributed by atoms with E-state index in [0.29, 0.717) is 23.8 Å². The van der Waals surface area contributed by atoms with Crippen molar-refractivity contribution >= 4 is 11.7 Å².